The Hall–Kier alpha value is -1.87. The maximum atomic E-state index is 12.0. The van der Waals surface area contributed by atoms with Crippen LogP contribution in [0.25, 0.3) is 0 Å². The first-order chi connectivity index (χ1) is 10.8. The zero-order valence-electron chi connectivity index (χ0n) is 12.3. The van der Waals surface area contributed by atoms with Gasteiger partial charge >= 0.3 is 0 Å². The van der Waals surface area contributed by atoms with Crippen LogP contribution in [0.5, 0.6) is 0 Å². The zero-order valence-corrected chi connectivity index (χ0v) is 13.1. The highest BCUT2D eigenvalue weighted by atomic mass is 32.1. The SMILES string of the molecule is O=C(Cn1nnnc1CN1CCCC1)NCCc1cscn1. The second-order valence-electron chi connectivity index (χ2n) is 5.32. The van der Waals surface area contributed by atoms with Gasteiger partial charge in [-0.3, -0.25) is 9.69 Å². The van der Waals surface area contributed by atoms with Crippen LogP contribution in [0.2, 0.25) is 0 Å². The number of aromatic nitrogens is 5. The third-order valence-electron chi connectivity index (χ3n) is 3.65. The van der Waals surface area contributed by atoms with Crippen LogP contribution in [0.4, 0.5) is 0 Å². The molecule has 0 aliphatic carbocycles. The van der Waals surface area contributed by atoms with Gasteiger partial charge in [0.15, 0.2) is 5.82 Å². The molecule has 1 N–H and O–H groups in total. The molecule has 0 unspecified atom stereocenters. The van der Waals surface area contributed by atoms with Crippen molar-refractivity contribution in [3.05, 3.63) is 22.4 Å². The minimum absolute atomic E-state index is 0.0785. The number of likely N-dealkylation sites (tertiary alicyclic amines) is 1. The van der Waals surface area contributed by atoms with Crippen LogP contribution in [0, 0.1) is 0 Å². The summed E-state index contributed by atoms with van der Waals surface area (Å²) in [6.45, 7) is 3.60. The summed E-state index contributed by atoms with van der Waals surface area (Å²) in [7, 11) is 0. The Labute approximate surface area is 132 Å². The van der Waals surface area contributed by atoms with E-state index in [1.54, 1.807) is 21.5 Å². The third-order valence-corrected chi connectivity index (χ3v) is 4.29. The maximum Gasteiger partial charge on any atom is 0.241 e. The standard InChI is InChI=1S/C13H19N7OS/c21-13(14-4-3-11-9-22-10-15-11)8-20-12(16-17-18-20)7-19-5-1-2-6-19/h9-10H,1-8H2,(H,14,21). The minimum atomic E-state index is -0.0785. The van der Waals surface area contributed by atoms with Crippen molar-refractivity contribution in [2.24, 2.45) is 0 Å². The van der Waals surface area contributed by atoms with Gasteiger partial charge in [-0.15, -0.1) is 16.4 Å². The van der Waals surface area contributed by atoms with Gasteiger partial charge in [-0.05, 0) is 36.4 Å². The number of amides is 1. The Kier molecular flexibility index (Phi) is 5.07. The quantitative estimate of drug-likeness (QED) is 0.777. The van der Waals surface area contributed by atoms with E-state index in [-0.39, 0.29) is 12.5 Å². The summed E-state index contributed by atoms with van der Waals surface area (Å²) in [5, 5.41) is 16.5. The molecule has 22 heavy (non-hydrogen) atoms. The summed E-state index contributed by atoms with van der Waals surface area (Å²) in [5.74, 6) is 0.668. The molecule has 1 amide bonds. The molecule has 0 saturated carbocycles. The highest BCUT2D eigenvalue weighted by molar-refractivity contribution is 7.07. The Balaban J connectivity index is 1.45. The Bertz CT molecular complexity index is 591. The molecule has 0 atom stereocenters. The van der Waals surface area contributed by atoms with E-state index in [2.05, 4.69) is 30.7 Å². The van der Waals surface area contributed by atoms with Crippen molar-refractivity contribution >= 4 is 17.2 Å². The number of nitrogens with one attached hydrogen (secondary N) is 1. The lowest BCUT2D eigenvalue weighted by Crippen LogP contribution is -2.31. The van der Waals surface area contributed by atoms with Gasteiger partial charge in [0.1, 0.15) is 6.54 Å². The molecule has 1 aliphatic rings. The van der Waals surface area contributed by atoms with Crippen LogP contribution in [0.3, 0.4) is 0 Å². The van der Waals surface area contributed by atoms with Gasteiger partial charge < -0.3 is 5.32 Å². The van der Waals surface area contributed by atoms with Crippen molar-refractivity contribution in [2.75, 3.05) is 19.6 Å². The van der Waals surface area contributed by atoms with E-state index in [0.29, 0.717) is 13.1 Å². The number of hydrogen-bond acceptors (Lipinski definition) is 7. The monoisotopic (exact) mass is 321 g/mol. The molecule has 118 valence electrons. The van der Waals surface area contributed by atoms with Gasteiger partial charge in [0.05, 0.1) is 17.7 Å². The lowest BCUT2D eigenvalue weighted by atomic mass is 10.3. The van der Waals surface area contributed by atoms with Crippen molar-refractivity contribution in [1.29, 1.82) is 0 Å². The fourth-order valence-electron chi connectivity index (χ4n) is 2.48. The minimum Gasteiger partial charge on any atom is -0.354 e. The smallest absolute Gasteiger partial charge is 0.241 e. The molecule has 1 fully saturated rings. The lowest BCUT2D eigenvalue weighted by molar-refractivity contribution is -0.121. The van der Waals surface area contributed by atoms with E-state index >= 15 is 0 Å². The molecule has 2 aromatic rings. The summed E-state index contributed by atoms with van der Waals surface area (Å²) in [5.41, 5.74) is 2.80. The first kappa shape index (κ1) is 15.0. The molecule has 0 radical (unpaired) electrons. The Morgan fingerprint density at radius 3 is 3.00 bits per heavy atom. The van der Waals surface area contributed by atoms with Crippen LogP contribution in [0.1, 0.15) is 24.4 Å². The molecule has 1 saturated heterocycles. The summed E-state index contributed by atoms with van der Waals surface area (Å²) >= 11 is 1.56. The first-order valence-electron chi connectivity index (χ1n) is 7.42. The van der Waals surface area contributed by atoms with E-state index in [4.69, 9.17) is 0 Å². The van der Waals surface area contributed by atoms with Crippen molar-refractivity contribution in [2.45, 2.75) is 32.4 Å². The van der Waals surface area contributed by atoms with E-state index in [9.17, 15) is 4.79 Å². The first-order valence-corrected chi connectivity index (χ1v) is 8.37. The van der Waals surface area contributed by atoms with Gasteiger partial charge in [0.2, 0.25) is 5.91 Å². The van der Waals surface area contributed by atoms with Crippen LogP contribution in [0.15, 0.2) is 10.9 Å². The average Bonchev–Trinajstić information content (AvgIpc) is 3.23. The zero-order chi connectivity index (χ0) is 15.2. The predicted octanol–water partition coefficient (Wildman–Crippen LogP) is 0.0843. The fourth-order valence-corrected chi connectivity index (χ4v) is 3.08. The van der Waals surface area contributed by atoms with Crippen molar-refractivity contribution in [3.63, 3.8) is 0 Å². The highest BCUT2D eigenvalue weighted by Gasteiger charge is 2.17. The van der Waals surface area contributed by atoms with Crippen molar-refractivity contribution in [3.8, 4) is 0 Å². The molecule has 3 heterocycles. The van der Waals surface area contributed by atoms with Gasteiger partial charge in [0, 0.05) is 18.3 Å². The largest absolute Gasteiger partial charge is 0.354 e. The fraction of sp³-hybridized carbons (Fsp3) is 0.615. The summed E-state index contributed by atoms with van der Waals surface area (Å²) in [4.78, 5) is 18.5. The van der Waals surface area contributed by atoms with Gasteiger partial charge in [-0.1, -0.05) is 0 Å². The number of tetrazole rings is 1. The average molecular weight is 321 g/mol. The predicted molar refractivity (Wildman–Crippen MR) is 81.2 cm³/mol. The van der Waals surface area contributed by atoms with Crippen molar-refractivity contribution < 1.29 is 4.79 Å². The van der Waals surface area contributed by atoms with E-state index in [1.807, 2.05) is 5.38 Å². The van der Waals surface area contributed by atoms with E-state index in [1.165, 1.54) is 12.8 Å². The normalized spacial score (nSPS) is 15.3. The van der Waals surface area contributed by atoms with Gasteiger partial charge in [0.25, 0.3) is 0 Å². The van der Waals surface area contributed by atoms with Crippen molar-refractivity contribution in [1.82, 2.24) is 35.4 Å². The molecule has 0 spiro atoms. The van der Waals surface area contributed by atoms with Crippen LogP contribution in [-0.2, 0) is 24.3 Å². The van der Waals surface area contributed by atoms with E-state index in [0.717, 1.165) is 31.0 Å². The van der Waals surface area contributed by atoms with Crippen LogP contribution < -0.4 is 5.32 Å². The Morgan fingerprint density at radius 1 is 1.36 bits per heavy atom. The lowest BCUT2D eigenvalue weighted by Gasteiger charge is -2.13. The topological polar surface area (TPSA) is 88.8 Å². The molecule has 9 heteroatoms. The van der Waals surface area contributed by atoms with Gasteiger partial charge in [-0.2, -0.15) is 0 Å². The molecular weight excluding hydrogens is 302 g/mol. The summed E-state index contributed by atoms with van der Waals surface area (Å²) in [6.07, 6.45) is 3.18. The number of hydrogen-bond donors (Lipinski definition) is 1. The Morgan fingerprint density at radius 2 is 2.23 bits per heavy atom. The maximum absolute atomic E-state index is 12.0. The molecule has 3 rings (SSSR count). The molecule has 0 aromatic carbocycles. The molecule has 1 aliphatic heterocycles. The van der Waals surface area contributed by atoms with Crippen LogP contribution >= 0.6 is 11.3 Å². The van der Waals surface area contributed by atoms with Gasteiger partial charge in [-0.25, -0.2) is 9.67 Å². The molecular formula is C13H19N7OS. The number of carbonyl (C=O) groups is 1. The summed E-state index contributed by atoms with van der Waals surface area (Å²) in [6, 6.07) is 0. The highest BCUT2D eigenvalue weighted by Crippen LogP contribution is 2.10. The number of thiazole rings is 1. The molecule has 8 nitrogen and oxygen atoms in total. The second kappa shape index (κ2) is 7.41. The number of rotatable bonds is 7. The van der Waals surface area contributed by atoms with Crippen LogP contribution in [-0.4, -0.2) is 55.6 Å². The second-order valence-corrected chi connectivity index (χ2v) is 6.03. The summed E-state index contributed by atoms with van der Waals surface area (Å²) < 4.78 is 1.58. The van der Waals surface area contributed by atoms with E-state index < -0.39 is 0 Å². The molecule has 2 aromatic heterocycles. The number of carbonyl (C=O) groups excluding carboxylic acids is 1. The molecule has 0 bridgehead atoms. The third kappa shape index (κ3) is 4.08. The number of nitrogens with zero attached hydrogens (tertiary/aromatic N) is 6.